The molecule has 0 radical (unpaired) electrons. The van der Waals surface area contributed by atoms with Crippen molar-refractivity contribution in [3.63, 3.8) is 0 Å². The number of hydrogen-bond donors (Lipinski definition) is 0. The van der Waals surface area contributed by atoms with Crippen LogP contribution in [0.4, 0.5) is 5.69 Å². The van der Waals surface area contributed by atoms with E-state index in [0.717, 1.165) is 35.0 Å². The van der Waals surface area contributed by atoms with Crippen molar-refractivity contribution in [2.75, 3.05) is 6.61 Å². The maximum Gasteiger partial charge on any atom is 0.267 e. The summed E-state index contributed by atoms with van der Waals surface area (Å²) in [5.41, 5.74) is 2.96. The third kappa shape index (κ3) is 5.10. The first-order valence-electron chi connectivity index (χ1n) is 10.1. The van der Waals surface area contributed by atoms with Crippen molar-refractivity contribution >= 4 is 34.6 Å². The van der Waals surface area contributed by atoms with Gasteiger partial charge in [0.05, 0.1) is 17.2 Å². The first-order valence-corrected chi connectivity index (χ1v) is 11.0. The minimum Gasteiger partial charge on any atom is -0.493 e. The lowest BCUT2D eigenvalue weighted by atomic mass is 10.1. The number of ether oxygens (including phenoxy) is 1. The van der Waals surface area contributed by atoms with Crippen molar-refractivity contribution < 1.29 is 9.53 Å². The number of aryl methyl sites for hydroxylation is 1. The Hall–Kier alpha value is -2.53. The zero-order valence-corrected chi connectivity index (χ0v) is 18.3. The highest BCUT2D eigenvalue weighted by molar-refractivity contribution is 8.18. The molecule has 1 fully saturated rings. The van der Waals surface area contributed by atoms with Gasteiger partial charge in [0, 0.05) is 11.6 Å². The Morgan fingerprint density at radius 2 is 1.86 bits per heavy atom. The van der Waals surface area contributed by atoms with Gasteiger partial charge in [-0.05, 0) is 62.7 Å². The molecule has 1 heterocycles. The van der Waals surface area contributed by atoms with Crippen molar-refractivity contribution in [3.05, 3.63) is 64.6 Å². The molecule has 2 aromatic carbocycles. The fraction of sp³-hybridized carbons (Fsp3) is 0.333. The van der Waals surface area contributed by atoms with E-state index in [4.69, 9.17) is 9.73 Å². The molecule has 1 saturated heterocycles. The molecule has 4 nitrogen and oxygen atoms in total. The van der Waals surface area contributed by atoms with Crippen LogP contribution in [0.2, 0.25) is 0 Å². The normalized spacial score (nSPS) is 17.9. The molecule has 1 aliphatic heterocycles. The van der Waals surface area contributed by atoms with E-state index in [0.29, 0.717) is 11.5 Å². The maximum absolute atomic E-state index is 13.2. The summed E-state index contributed by atoms with van der Waals surface area (Å²) in [7, 11) is 0. The maximum atomic E-state index is 13.2. The molecule has 0 aromatic heterocycles. The number of carbonyl (C=O) groups excluding carboxylic acids is 1. The monoisotopic (exact) mass is 408 g/mol. The quantitative estimate of drug-likeness (QED) is 0.513. The molecule has 1 amide bonds. The van der Waals surface area contributed by atoms with E-state index in [-0.39, 0.29) is 11.9 Å². The second kappa shape index (κ2) is 9.79. The van der Waals surface area contributed by atoms with E-state index in [2.05, 4.69) is 27.7 Å². The van der Waals surface area contributed by atoms with Gasteiger partial charge in [-0.1, -0.05) is 49.7 Å². The Bertz CT molecular complexity index is 919. The zero-order valence-electron chi connectivity index (χ0n) is 17.5. The topological polar surface area (TPSA) is 41.9 Å². The van der Waals surface area contributed by atoms with Crippen LogP contribution in [0, 0.1) is 6.92 Å². The third-order valence-electron chi connectivity index (χ3n) is 4.79. The zero-order chi connectivity index (χ0) is 20.8. The Labute approximate surface area is 177 Å². The van der Waals surface area contributed by atoms with Gasteiger partial charge < -0.3 is 4.74 Å². The van der Waals surface area contributed by atoms with Crippen molar-refractivity contribution in [3.8, 4) is 5.75 Å². The molecule has 29 heavy (non-hydrogen) atoms. The molecule has 0 unspecified atom stereocenters. The van der Waals surface area contributed by atoms with Crippen LogP contribution in [-0.2, 0) is 4.79 Å². The highest BCUT2D eigenvalue weighted by atomic mass is 32.2. The Kier molecular flexibility index (Phi) is 7.15. The molecule has 0 aliphatic carbocycles. The number of amides is 1. The van der Waals surface area contributed by atoms with Crippen LogP contribution in [0.3, 0.4) is 0 Å². The lowest BCUT2D eigenvalue weighted by Gasteiger charge is -2.22. The molecule has 0 N–H and O–H groups in total. The predicted molar refractivity (Wildman–Crippen MR) is 123 cm³/mol. The molecule has 1 aliphatic rings. The van der Waals surface area contributed by atoms with Crippen LogP contribution in [0.1, 0.15) is 44.7 Å². The van der Waals surface area contributed by atoms with Gasteiger partial charge in [-0.25, -0.2) is 4.99 Å². The van der Waals surface area contributed by atoms with Crippen LogP contribution in [0.5, 0.6) is 5.75 Å². The molecule has 5 heteroatoms. The summed E-state index contributed by atoms with van der Waals surface area (Å²) in [5, 5.41) is 0.728. The molecule has 0 bridgehead atoms. The fourth-order valence-corrected chi connectivity index (χ4v) is 4.03. The molecule has 0 saturated carbocycles. The van der Waals surface area contributed by atoms with Crippen LogP contribution < -0.4 is 4.74 Å². The average Bonchev–Trinajstić information content (AvgIpc) is 3.03. The first kappa shape index (κ1) is 21.2. The van der Waals surface area contributed by atoms with Crippen LogP contribution >= 0.6 is 11.8 Å². The van der Waals surface area contributed by atoms with Gasteiger partial charge in [0.25, 0.3) is 5.91 Å². The van der Waals surface area contributed by atoms with Crippen LogP contribution in [0.25, 0.3) is 6.08 Å². The summed E-state index contributed by atoms with van der Waals surface area (Å²) >= 11 is 1.43. The molecule has 2 aromatic rings. The Morgan fingerprint density at radius 3 is 2.55 bits per heavy atom. The van der Waals surface area contributed by atoms with E-state index < -0.39 is 0 Å². The Morgan fingerprint density at radius 1 is 1.14 bits per heavy atom. The molecule has 1 atom stereocenters. The standard InChI is InChI=1S/C24H28N2O2S/c1-5-15-28-21-10-8-7-9-19(21)16-22-23(27)26(18(4)6-2)24(29-22)25-20-13-11-17(3)12-14-20/h7-14,16,18H,5-6,15H2,1-4H3/b22-16+,25-24?/t18-/m0/s1. The number of para-hydroxylation sites is 1. The van der Waals surface area contributed by atoms with E-state index in [1.807, 2.05) is 59.5 Å². The summed E-state index contributed by atoms with van der Waals surface area (Å²) in [6, 6.07) is 16.0. The number of aliphatic imine (C=N–C) groups is 1. The van der Waals surface area contributed by atoms with E-state index in [9.17, 15) is 4.79 Å². The number of hydrogen-bond acceptors (Lipinski definition) is 4. The molecular weight excluding hydrogens is 380 g/mol. The summed E-state index contributed by atoms with van der Waals surface area (Å²) in [6.45, 7) is 8.93. The molecule has 0 spiro atoms. The second-order valence-corrected chi connectivity index (χ2v) is 8.17. The minimum atomic E-state index is 0.000469. The van der Waals surface area contributed by atoms with E-state index >= 15 is 0 Å². The lowest BCUT2D eigenvalue weighted by molar-refractivity contribution is -0.123. The average molecular weight is 409 g/mol. The van der Waals surface area contributed by atoms with Gasteiger partial charge in [-0.2, -0.15) is 0 Å². The fourth-order valence-electron chi connectivity index (χ4n) is 2.95. The molecule has 152 valence electrons. The van der Waals surface area contributed by atoms with Gasteiger partial charge in [-0.3, -0.25) is 9.69 Å². The molecule has 3 rings (SSSR count). The lowest BCUT2D eigenvalue weighted by Crippen LogP contribution is -2.36. The minimum absolute atomic E-state index is 0.000469. The van der Waals surface area contributed by atoms with Crippen molar-refractivity contribution in [1.29, 1.82) is 0 Å². The predicted octanol–water partition coefficient (Wildman–Crippen LogP) is 6.19. The summed E-state index contributed by atoms with van der Waals surface area (Å²) in [4.78, 5) is 20.5. The summed E-state index contributed by atoms with van der Waals surface area (Å²) in [6.07, 6.45) is 3.72. The highest BCUT2D eigenvalue weighted by Gasteiger charge is 2.36. The number of thioether (sulfide) groups is 1. The number of nitrogens with zero attached hydrogens (tertiary/aromatic N) is 2. The van der Waals surface area contributed by atoms with E-state index in [1.165, 1.54) is 17.3 Å². The highest BCUT2D eigenvalue weighted by Crippen LogP contribution is 2.37. The smallest absolute Gasteiger partial charge is 0.267 e. The summed E-state index contributed by atoms with van der Waals surface area (Å²) < 4.78 is 5.85. The third-order valence-corrected chi connectivity index (χ3v) is 5.78. The number of amidine groups is 1. The van der Waals surface area contributed by atoms with Crippen LogP contribution in [-0.4, -0.2) is 28.6 Å². The van der Waals surface area contributed by atoms with Crippen molar-refractivity contribution in [1.82, 2.24) is 4.90 Å². The van der Waals surface area contributed by atoms with Gasteiger partial charge in [0.1, 0.15) is 5.75 Å². The second-order valence-electron chi connectivity index (χ2n) is 7.16. The van der Waals surface area contributed by atoms with Gasteiger partial charge in [0.15, 0.2) is 5.17 Å². The number of benzene rings is 2. The SMILES string of the molecule is CCCOc1ccccc1/C=C1/SC(=Nc2ccc(C)cc2)N([C@@H](C)CC)C1=O. The summed E-state index contributed by atoms with van der Waals surface area (Å²) in [5.74, 6) is 0.801. The Balaban J connectivity index is 1.96. The number of rotatable bonds is 7. The van der Waals surface area contributed by atoms with Gasteiger partial charge in [-0.15, -0.1) is 0 Å². The molecular formula is C24H28N2O2S. The van der Waals surface area contributed by atoms with E-state index in [1.54, 1.807) is 0 Å². The number of carbonyl (C=O) groups is 1. The van der Waals surface area contributed by atoms with Gasteiger partial charge >= 0.3 is 0 Å². The van der Waals surface area contributed by atoms with Crippen molar-refractivity contribution in [2.24, 2.45) is 4.99 Å². The van der Waals surface area contributed by atoms with Crippen molar-refractivity contribution in [2.45, 2.75) is 46.6 Å². The van der Waals surface area contributed by atoms with Crippen LogP contribution in [0.15, 0.2) is 58.4 Å². The first-order chi connectivity index (χ1) is 14.0. The van der Waals surface area contributed by atoms with Gasteiger partial charge in [0.2, 0.25) is 0 Å². The largest absolute Gasteiger partial charge is 0.493 e.